The van der Waals surface area contributed by atoms with Crippen LogP contribution < -0.4 is 0 Å². The third kappa shape index (κ3) is 13.4. The molecule has 33 heavy (non-hydrogen) atoms. The number of ether oxygens (including phenoxy) is 1. The average molecular weight is 465 g/mol. The quantitative estimate of drug-likeness (QED) is 0.162. The van der Waals surface area contributed by atoms with Crippen LogP contribution in [0.25, 0.3) is 0 Å². The Morgan fingerprint density at radius 2 is 1.33 bits per heavy atom. The van der Waals surface area contributed by atoms with Crippen molar-refractivity contribution in [1.82, 2.24) is 9.80 Å². The average Bonchev–Trinajstić information content (AvgIpc) is 3.21. The van der Waals surface area contributed by atoms with Crippen LogP contribution in [0.1, 0.15) is 129 Å². The van der Waals surface area contributed by atoms with E-state index in [1.54, 1.807) is 0 Å². The molecule has 5 nitrogen and oxygen atoms in total. The van der Waals surface area contributed by atoms with Crippen molar-refractivity contribution in [2.75, 3.05) is 32.7 Å². The minimum absolute atomic E-state index is 0.0771. The Hall–Kier alpha value is -1.10. The van der Waals surface area contributed by atoms with Crippen LogP contribution >= 0.6 is 0 Å². The van der Waals surface area contributed by atoms with Gasteiger partial charge < -0.3 is 9.64 Å². The summed E-state index contributed by atoms with van der Waals surface area (Å²) in [6.07, 6.45) is 22.7. The Kier molecular flexibility index (Phi) is 15.6. The summed E-state index contributed by atoms with van der Waals surface area (Å²) in [7, 11) is 0. The summed E-state index contributed by atoms with van der Waals surface area (Å²) in [5.41, 5.74) is 0. The zero-order valence-electron chi connectivity index (χ0n) is 21.7. The van der Waals surface area contributed by atoms with Gasteiger partial charge in [-0.2, -0.15) is 0 Å². The number of amides is 1. The Labute approximate surface area is 204 Å². The van der Waals surface area contributed by atoms with Gasteiger partial charge >= 0.3 is 5.97 Å². The molecule has 0 spiro atoms. The number of carbonyl (C=O) groups is 2. The van der Waals surface area contributed by atoms with Gasteiger partial charge in [-0.15, -0.1) is 0 Å². The summed E-state index contributed by atoms with van der Waals surface area (Å²) >= 11 is 0. The van der Waals surface area contributed by atoms with Crippen LogP contribution in [0, 0.1) is 0 Å². The molecule has 2 rings (SSSR count). The molecule has 5 heteroatoms. The van der Waals surface area contributed by atoms with Crippen molar-refractivity contribution >= 4 is 11.9 Å². The van der Waals surface area contributed by atoms with E-state index in [4.69, 9.17) is 4.74 Å². The largest absolute Gasteiger partial charge is 0.459 e. The van der Waals surface area contributed by atoms with Crippen molar-refractivity contribution in [3.8, 4) is 0 Å². The molecule has 1 atom stereocenters. The summed E-state index contributed by atoms with van der Waals surface area (Å²) in [6, 6.07) is 0. The topological polar surface area (TPSA) is 49.9 Å². The van der Waals surface area contributed by atoms with E-state index in [2.05, 4.69) is 11.8 Å². The number of unbranched alkanes of at least 4 members (excludes halogenated alkanes) is 12. The molecule has 0 N–H and O–H groups in total. The third-order valence-electron chi connectivity index (χ3n) is 7.29. The smallest absolute Gasteiger partial charge is 0.306 e. The van der Waals surface area contributed by atoms with Crippen molar-refractivity contribution in [2.45, 2.75) is 135 Å². The van der Waals surface area contributed by atoms with Crippen molar-refractivity contribution in [1.29, 1.82) is 0 Å². The minimum Gasteiger partial charge on any atom is -0.459 e. The number of piperidine rings is 1. The normalized spacial score (nSPS) is 18.1. The van der Waals surface area contributed by atoms with Crippen LogP contribution in [0.3, 0.4) is 0 Å². The monoisotopic (exact) mass is 464 g/mol. The SMILES string of the molecule is CCCCCCCCCCCCCCCC(=O)O[C@@H](CN1CCCCC1)CN1CCCC1=O. The molecular weight excluding hydrogens is 412 g/mol. The molecular formula is C28H52N2O3. The molecule has 2 fully saturated rings. The maximum Gasteiger partial charge on any atom is 0.306 e. The molecule has 2 aliphatic rings. The minimum atomic E-state index is -0.181. The van der Waals surface area contributed by atoms with Crippen LogP contribution in [0.2, 0.25) is 0 Å². The Balaban J connectivity index is 1.52. The summed E-state index contributed by atoms with van der Waals surface area (Å²) in [6.45, 7) is 6.59. The van der Waals surface area contributed by atoms with Crippen molar-refractivity contribution in [2.24, 2.45) is 0 Å². The van der Waals surface area contributed by atoms with Gasteiger partial charge in [-0.05, 0) is 38.8 Å². The molecule has 192 valence electrons. The molecule has 2 heterocycles. The van der Waals surface area contributed by atoms with E-state index >= 15 is 0 Å². The Bertz CT molecular complexity index is 519. The predicted molar refractivity (Wildman–Crippen MR) is 136 cm³/mol. The van der Waals surface area contributed by atoms with E-state index in [9.17, 15) is 9.59 Å². The van der Waals surface area contributed by atoms with E-state index in [0.29, 0.717) is 19.4 Å². The fraction of sp³-hybridized carbons (Fsp3) is 0.929. The lowest BCUT2D eigenvalue weighted by atomic mass is 10.0. The predicted octanol–water partition coefficient (Wildman–Crippen LogP) is 6.49. The third-order valence-corrected chi connectivity index (χ3v) is 7.29. The first-order chi connectivity index (χ1) is 16.2. The van der Waals surface area contributed by atoms with E-state index < -0.39 is 0 Å². The van der Waals surface area contributed by atoms with Gasteiger partial charge in [-0.3, -0.25) is 14.5 Å². The second kappa shape index (κ2) is 18.3. The van der Waals surface area contributed by atoms with E-state index in [1.165, 1.54) is 89.9 Å². The Morgan fingerprint density at radius 1 is 0.758 bits per heavy atom. The second-order valence-corrected chi connectivity index (χ2v) is 10.4. The first-order valence-electron chi connectivity index (χ1n) is 14.4. The van der Waals surface area contributed by atoms with Gasteiger partial charge in [0, 0.05) is 25.9 Å². The molecule has 0 aromatic carbocycles. The molecule has 0 aromatic rings. The highest BCUT2D eigenvalue weighted by molar-refractivity contribution is 5.78. The molecule has 0 bridgehead atoms. The van der Waals surface area contributed by atoms with Gasteiger partial charge in [0.1, 0.15) is 6.10 Å². The standard InChI is InChI=1S/C28H52N2O3/c1-2-3-4-5-6-7-8-9-10-11-12-13-15-20-28(32)33-26(24-29-21-16-14-17-22-29)25-30-23-18-19-27(30)31/h26H,2-25H2,1H3/t26-/m0/s1. The van der Waals surface area contributed by atoms with Gasteiger partial charge in [0.25, 0.3) is 0 Å². The number of esters is 1. The highest BCUT2D eigenvalue weighted by Gasteiger charge is 2.27. The molecule has 0 unspecified atom stereocenters. The molecule has 0 saturated carbocycles. The lowest BCUT2D eigenvalue weighted by molar-refractivity contribution is -0.152. The van der Waals surface area contributed by atoms with Gasteiger partial charge in [0.15, 0.2) is 0 Å². The number of carbonyl (C=O) groups excluding carboxylic acids is 2. The van der Waals surface area contributed by atoms with Crippen molar-refractivity contribution in [3.63, 3.8) is 0 Å². The van der Waals surface area contributed by atoms with Crippen molar-refractivity contribution < 1.29 is 14.3 Å². The molecule has 0 aromatic heterocycles. The van der Waals surface area contributed by atoms with Gasteiger partial charge in [-0.25, -0.2) is 0 Å². The lowest BCUT2D eigenvalue weighted by Crippen LogP contribution is -2.44. The molecule has 1 amide bonds. The van der Waals surface area contributed by atoms with Crippen LogP contribution in [0.15, 0.2) is 0 Å². The van der Waals surface area contributed by atoms with Gasteiger partial charge in [0.05, 0.1) is 6.54 Å². The number of rotatable bonds is 19. The number of hydrogen-bond donors (Lipinski definition) is 0. The molecule has 0 radical (unpaired) electrons. The van der Waals surface area contributed by atoms with E-state index in [-0.39, 0.29) is 18.0 Å². The highest BCUT2D eigenvalue weighted by Crippen LogP contribution is 2.16. The zero-order chi connectivity index (χ0) is 23.6. The maximum atomic E-state index is 12.5. The van der Waals surface area contributed by atoms with Gasteiger partial charge in [0.2, 0.25) is 5.91 Å². The van der Waals surface area contributed by atoms with Crippen LogP contribution in [-0.4, -0.2) is 60.5 Å². The van der Waals surface area contributed by atoms with Gasteiger partial charge in [-0.1, -0.05) is 90.4 Å². The summed E-state index contributed by atoms with van der Waals surface area (Å²) in [5, 5.41) is 0. The molecule has 2 aliphatic heterocycles. The second-order valence-electron chi connectivity index (χ2n) is 10.4. The van der Waals surface area contributed by atoms with Crippen molar-refractivity contribution in [3.05, 3.63) is 0 Å². The van der Waals surface area contributed by atoms with Crippen LogP contribution in [-0.2, 0) is 14.3 Å². The lowest BCUT2D eigenvalue weighted by Gasteiger charge is -2.32. The molecule has 2 saturated heterocycles. The summed E-state index contributed by atoms with van der Waals surface area (Å²) < 4.78 is 5.90. The summed E-state index contributed by atoms with van der Waals surface area (Å²) in [5.74, 6) is 0.137. The zero-order valence-corrected chi connectivity index (χ0v) is 21.7. The summed E-state index contributed by atoms with van der Waals surface area (Å²) in [4.78, 5) is 28.9. The molecule has 0 aliphatic carbocycles. The van der Waals surface area contributed by atoms with E-state index in [1.807, 2.05) is 4.90 Å². The first kappa shape index (κ1) is 28.1. The fourth-order valence-electron chi connectivity index (χ4n) is 5.24. The fourth-order valence-corrected chi connectivity index (χ4v) is 5.24. The maximum absolute atomic E-state index is 12.5. The number of likely N-dealkylation sites (tertiary alicyclic amines) is 2. The highest BCUT2D eigenvalue weighted by atomic mass is 16.5. The van der Waals surface area contributed by atoms with E-state index in [0.717, 1.165) is 45.4 Å². The first-order valence-corrected chi connectivity index (χ1v) is 14.4. The Morgan fingerprint density at radius 3 is 1.88 bits per heavy atom. The van der Waals surface area contributed by atoms with Crippen LogP contribution in [0.5, 0.6) is 0 Å². The number of nitrogens with zero attached hydrogens (tertiary/aromatic N) is 2. The number of hydrogen-bond acceptors (Lipinski definition) is 4. The van der Waals surface area contributed by atoms with Crippen LogP contribution in [0.4, 0.5) is 0 Å².